The number of hydrogen-bond donors (Lipinski definition) is 1. The van der Waals surface area contributed by atoms with Crippen LogP contribution in [0.15, 0.2) is 115 Å². The third kappa shape index (κ3) is 7.78. The maximum Gasteiger partial charge on any atom is 0.137 e. The Labute approximate surface area is 294 Å². The third-order valence-corrected chi connectivity index (χ3v) is 10.1. The lowest BCUT2D eigenvalue weighted by Crippen LogP contribution is -1.96. The molecule has 0 saturated carbocycles. The van der Waals surface area contributed by atoms with Crippen LogP contribution in [0.1, 0.15) is 22.3 Å². The Kier molecular flexibility index (Phi) is 10.8. The number of aromatic hydroxyl groups is 1. The fraction of sp³-hybridized carbons (Fsp3) is 0.0857. The van der Waals surface area contributed by atoms with Crippen molar-refractivity contribution in [2.45, 2.75) is 12.8 Å². The van der Waals surface area contributed by atoms with E-state index in [1.807, 2.05) is 78.9 Å². The summed E-state index contributed by atoms with van der Waals surface area (Å²) in [5.41, 5.74) is 4.33. The smallest absolute Gasteiger partial charge is 0.137 e. The Balaban J connectivity index is 0.000000171. The second kappa shape index (κ2) is 14.4. The Morgan fingerprint density at radius 3 is 1.51 bits per heavy atom. The van der Waals surface area contributed by atoms with Crippen LogP contribution in [0, 0.1) is 0 Å². The third-order valence-electron chi connectivity index (χ3n) is 6.98. The molecule has 0 heterocycles. The number of phenolic OH excluding ortho intramolecular Hbond substituents is 1. The predicted octanol–water partition coefficient (Wildman–Crippen LogP) is 12.9. The molecule has 0 saturated heterocycles. The van der Waals surface area contributed by atoms with Gasteiger partial charge in [-0.2, -0.15) is 0 Å². The van der Waals surface area contributed by atoms with Crippen LogP contribution in [0.5, 0.6) is 11.5 Å². The molecule has 0 bridgehead atoms. The highest BCUT2D eigenvalue weighted by Crippen LogP contribution is 2.39. The van der Waals surface area contributed by atoms with Gasteiger partial charge in [0, 0.05) is 43.0 Å². The average Bonchev–Trinajstić information content (AvgIpc) is 2.98. The van der Waals surface area contributed by atoms with Gasteiger partial charge in [-0.3, -0.25) is 0 Å². The van der Waals surface area contributed by atoms with Gasteiger partial charge in [0.25, 0.3) is 0 Å². The summed E-state index contributed by atoms with van der Waals surface area (Å²) < 4.78 is 9.43. The van der Waals surface area contributed by atoms with Crippen LogP contribution in [0.2, 0.25) is 10.0 Å². The summed E-state index contributed by atoms with van der Waals surface area (Å²) in [6.07, 6.45) is 1.45. The number of hydrogen-bond acceptors (Lipinski definition) is 2. The second-order valence-electron chi connectivity index (χ2n) is 9.92. The van der Waals surface area contributed by atoms with E-state index >= 15 is 0 Å². The molecule has 218 valence electrons. The summed E-state index contributed by atoms with van der Waals surface area (Å²) in [6, 6.07) is 32.0. The fourth-order valence-electron chi connectivity index (χ4n) is 4.88. The predicted molar refractivity (Wildman–Crippen MR) is 195 cm³/mol. The van der Waals surface area contributed by atoms with Gasteiger partial charge in [0.05, 0.1) is 16.1 Å². The van der Waals surface area contributed by atoms with E-state index in [0.717, 1.165) is 67.9 Å². The molecular formula is C35H24Br4Cl2O2. The fourth-order valence-corrected chi connectivity index (χ4v) is 7.28. The molecule has 0 aromatic heterocycles. The van der Waals surface area contributed by atoms with Crippen molar-refractivity contribution in [3.63, 3.8) is 0 Å². The topological polar surface area (TPSA) is 29.5 Å². The minimum absolute atomic E-state index is 0.291. The summed E-state index contributed by atoms with van der Waals surface area (Å²) in [5.74, 6) is 1.17. The van der Waals surface area contributed by atoms with Gasteiger partial charge in [-0.1, -0.05) is 91.5 Å². The van der Waals surface area contributed by atoms with E-state index < -0.39 is 0 Å². The summed E-state index contributed by atoms with van der Waals surface area (Å²) in [6.45, 7) is 0. The van der Waals surface area contributed by atoms with E-state index in [9.17, 15) is 5.11 Å². The molecule has 0 aliphatic carbocycles. The molecule has 0 aliphatic rings. The highest BCUT2D eigenvalue weighted by atomic mass is 79.9. The van der Waals surface area contributed by atoms with Crippen LogP contribution in [0.25, 0.3) is 21.5 Å². The molecule has 1 N–H and O–H groups in total. The van der Waals surface area contributed by atoms with Crippen LogP contribution in [-0.2, 0) is 12.8 Å². The van der Waals surface area contributed by atoms with Gasteiger partial charge in [-0.25, -0.2) is 0 Å². The first-order chi connectivity index (χ1) is 20.6. The summed E-state index contributed by atoms with van der Waals surface area (Å²) in [5, 5.41) is 16.2. The number of halogens is 6. The molecule has 0 fully saturated rings. The first kappa shape index (κ1) is 32.3. The highest BCUT2D eigenvalue weighted by molar-refractivity contribution is 9.11. The quantitative estimate of drug-likeness (QED) is 0.187. The zero-order chi connectivity index (χ0) is 30.7. The Hall–Kier alpha value is -2.06. The molecule has 6 aromatic carbocycles. The normalized spacial score (nSPS) is 11.0. The van der Waals surface area contributed by atoms with E-state index in [0.29, 0.717) is 17.2 Å². The van der Waals surface area contributed by atoms with Gasteiger partial charge in [0.2, 0.25) is 0 Å². The maximum absolute atomic E-state index is 10.4. The number of ether oxygens (including phenoxy) is 1. The summed E-state index contributed by atoms with van der Waals surface area (Å²) >= 11 is 26.0. The molecule has 6 aromatic rings. The first-order valence-electron chi connectivity index (χ1n) is 13.2. The number of rotatable bonds is 5. The minimum atomic E-state index is 0.291. The van der Waals surface area contributed by atoms with E-state index in [2.05, 4.69) is 81.9 Å². The van der Waals surface area contributed by atoms with E-state index in [1.165, 1.54) is 10.9 Å². The lowest BCUT2D eigenvalue weighted by molar-refractivity contribution is 0.408. The number of methoxy groups -OCH3 is 1. The van der Waals surface area contributed by atoms with Crippen LogP contribution < -0.4 is 4.74 Å². The van der Waals surface area contributed by atoms with E-state index in [4.69, 9.17) is 27.9 Å². The molecule has 0 atom stereocenters. The Bertz CT molecular complexity index is 1930. The van der Waals surface area contributed by atoms with Crippen molar-refractivity contribution in [1.29, 1.82) is 0 Å². The number of phenols is 1. The molecule has 0 radical (unpaired) electrons. The lowest BCUT2D eigenvalue weighted by Gasteiger charge is -2.14. The van der Waals surface area contributed by atoms with Crippen molar-refractivity contribution >= 4 is 108 Å². The molecule has 43 heavy (non-hydrogen) atoms. The Morgan fingerprint density at radius 2 is 1.02 bits per heavy atom. The Morgan fingerprint density at radius 1 is 0.581 bits per heavy atom. The van der Waals surface area contributed by atoms with Crippen molar-refractivity contribution in [2.24, 2.45) is 0 Å². The molecule has 0 unspecified atom stereocenters. The van der Waals surface area contributed by atoms with Crippen molar-refractivity contribution in [3.8, 4) is 11.5 Å². The minimum Gasteiger partial charge on any atom is -0.506 e. The second-order valence-corrected chi connectivity index (χ2v) is 14.2. The average molecular weight is 867 g/mol. The van der Waals surface area contributed by atoms with Crippen molar-refractivity contribution in [3.05, 3.63) is 147 Å². The number of benzene rings is 6. The molecule has 0 aliphatic heterocycles. The highest BCUT2D eigenvalue weighted by Gasteiger charge is 2.14. The molecule has 0 amide bonds. The SMILES string of the molecule is COc1c(Cc2ccc(Cl)cc2)cc2cc(Br)ccc2c1Br.Oc1c(Cc2ccc(Cl)cc2)cc2cc(Br)ccc2c1Br. The van der Waals surface area contributed by atoms with E-state index in [1.54, 1.807) is 7.11 Å². The van der Waals surface area contributed by atoms with Crippen molar-refractivity contribution in [1.82, 2.24) is 0 Å². The van der Waals surface area contributed by atoms with Gasteiger partial charge in [-0.15, -0.1) is 0 Å². The summed E-state index contributed by atoms with van der Waals surface area (Å²) in [7, 11) is 1.70. The molecule has 8 heteroatoms. The van der Waals surface area contributed by atoms with Gasteiger partial charge < -0.3 is 9.84 Å². The van der Waals surface area contributed by atoms with Crippen molar-refractivity contribution < 1.29 is 9.84 Å². The molecular weight excluding hydrogens is 843 g/mol. The zero-order valence-corrected chi connectivity index (χ0v) is 30.6. The van der Waals surface area contributed by atoms with Gasteiger partial charge in [0.1, 0.15) is 11.5 Å². The van der Waals surface area contributed by atoms with Crippen LogP contribution in [-0.4, -0.2) is 12.2 Å². The number of fused-ring (bicyclic) bond motifs is 2. The first-order valence-corrected chi connectivity index (χ1v) is 17.1. The largest absolute Gasteiger partial charge is 0.506 e. The van der Waals surface area contributed by atoms with E-state index in [-0.39, 0.29) is 0 Å². The maximum atomic E-state index is 10.4. The standard InChI is InChI=1S/C18H13Br2ClO.C17H11Br2ClO/c1-22-18-13(8-11-2-5-15(21)6-3-11)9-12-10-14(19)4-7-16(12)17(18)20;18-13-3-6-15-11(9-13)8-12(17(21)16(15)19)7-10-1-4-14(20)5-2-10/h2-7,9-10H,8H2,1H3;1-6,8-9,21H,7H2. The van der Waals surface area contributed by atoms with Crippen LogP contribution >= 0.6 is 86.9 Å². The molecule has 6 rings (SSSR count). The van der Waals surface area contributed by atoms with Crippen molar-refractivity contribution in [2.75, 3.05) is 7.11 Å². The lowest BCUT2D eigenvalue weighted by atomic mass is 10.00. The monoisotopic (exact) mass is 862 g/mol. The van der Waals surface area contributed by atoms with Gasteiger partial charge in [0.15, 0.2) is 0 Å². The molecule has 2 nitrogen and oxygen atoms in total. The molecule has 0 spiro atoms. The van der Waals surface area contributed by atoms with Gasteiger partial charge >= 0.3 is 0 Å². The van der Waals surface area contributed by atoms with Crippen LogP contribution in [0.4, 0.5) is 0 Å². The van der Waals surface area contributed by atoms with Gasteiger partial charge in [-0.05, 0) is 125 Å². The van der Waals surface area contributed by atoms with Crippen LogP contribution in [0.3, 0.4) is 0 Å². The zero-order valence-electron chi connectivity index (χ0n) is 22.8. The summed E-state index contributed by atoms with van der Waals surface area (Å²) in [4.78, 5) is 0.